The zero-order valence-electron chi connectivity index (χ0n) is 10.2. The summed E-state index contributed by atoms with van der Waals surface area (Å²) in [6, 6.07) is 1.54. The second-order valence-corrected chi connectivity index (χ2v) is 5.13. The minimum Gasteiger partial charge on any atom is -0.478 e. The lowest BCUT2D eigenvalue weighted by Crippen LogP contribution is -2.15. The molecule has 0 spiro atoms. The second kappa shape index (κ2) is 5.61. The second-order valence-electron chi connectivity index (χ2n) is 3.87. The van der Waals surface area contributed by atoms with Gasteiger partial charge in [0.15, 0.2) is 0 Å². The molecule has 0 radical (unpaired) electrons. The number of carbonyl (C=O) groups is 2. The molecule has 2 rings (SSSR count). The molecule has 0 bridgehead atoms. The van der Waals surface area contributed by atoms with Gasteiger partial charge in [-0.15, -0.1) is 16.4 Å². The van der Waals surface area contributed by atoms with Crippen LogP contribution in [0.3, 0.4) is 0 Å². The highest BCUT2D eigenvalue weighted by atomic mass is 32.1. The molecule has 0 saturated heterocycles. The number of carboxylic acids is 1. The van der Waals surface area contributed by atoms with Crippen molar-refractivity contribution in [3.8, 4) is 0 Å². The topological polar surface area (TPSA) is 97.1 Å². The first-order valence-electron chi connectivity index (χ1n) is 5.54. The molecule has 2 heterocycles. The summed E-state index contributed by atoms with van der Waals surface area (Å²) in [5.41, 5.74) is 0.122. The van der Waals surface area contributed by atoms with E-state index in [1.165, 1.54) is 22.2 Å². The number of aromatic carboxylic acids is 1. The Hall–Kier alpha value is -2.22. The predicted octanol–water partition coefficient (Wildman–Crippen LogP) is 1.38. The van der Waals surface area contributed by atoms with E-state index in [2.05, 4.69) is 15.6 Å². The number of carboxylic acid groups (broad SMARTS) is 1. The summed E-state index contributed by atoms with van der Waals surface area (Å²) < 4.78 is 1.54. The molecule has 7 nitrogen and oxygen atoms in total. The summed E-state index contributed by atoms with van der Waals surface area (Å²) >= 11 is 1.25. The number of nitrogens with zero attached hydrogens (tertiary/aromatic N) is 3. The van der Waals surface area contributed by atoms with Crippen LogP contribution in [0.1, 0.15) is 21.7 Å². The van der Waals surface area contributed by atoms with Crippen molar-refractivity contribution in [2.75, 3.05) is 5.32 Å². The lowest BCUT2D eigenvalue weighted by Gasteiger charge is -2.04. The van der Waals surface area contributed by atoms with Crippen LogP contribution in [-0.4, -0.2) is 32.0 Å². The number of nitrogens with one attached hydrogen (secondary N) is 1. The van der Waals surface area contributed by atoms with E-state index in [1.807, 2.05) is 0 Å². The van der Waals surface area contributed by atoms with Gasteiger partial charge in [0.2, 0.25) is 5.91 Å². The van der Waals surface area contributed by atoms with Gasteiger partial charge in [0.25, 0.3) is 0 Å². The molecule has 0 aliphatic heterocycles. The highest BCUT2D eigenvalue weighted by Gasteiger charge is 2.15. The Kier molecular flexibility index (Phi) is 3.91. The van der Waals surface area contributed by atoms with Crippen LogP contribution in [0.5, 0.6) is 0 Å². The van der Waals surface area contributed by atoms with Crippen molar-refractivity contribution >= 4 is 28.2 Å². The third kappa shape index (κ3) is 3.38. The average Bonchev–Trinajstić information content (AvgIpc) is 2.96. The maximum absolute atomic E-state index is 11.7. The molecule has 8 heteroatoms. The van der Waals surface area contributed by atoms with Crippen LogP contribution in [0.2, 0.25) is 0 Å². The summed E-state index contributed by atoms with van der Waals surface area (Å²) in [5.74, 6) is -1.30. The van der Waals surface area contributed by atoms with Crippen molar-refractivity contribution in [3.05, 3.63) is 28.9 Å². The van der Waals surface area contributed by atoms with Gasteiger partial charge < -0.3 is 10.4 Å². The first-order chi connectivity index (χ1) is 9.06. The summed E-state index contributed by atoms with van der Waals surface area (Å²) in [6.45, 7) is 2.20. The molecular weight excluding hydrogens is 268 g/mol. The average molecular weight is 280 g/mol. The minimum atomic E-state index is -1.05. The standard InChI is InChI=1S/C11H12N4O3S/c1-7-6-8(11(17)18)10(19-7)13-9(16)2-4-15-5-3-12-14-15/h3,5-6H,2,4H2,1H3,(H,13,16)(H,17,18). The fourth-order valence-corrected chi connectivity index (χ4v) is 2.44. The quantitative estimate of drug-likeness (QED) is 0.862. The molecule has 0 aromatic carbocycles. The number of hydrogen-bond acceptors (Lipinski definition) is 5. The maximum atomic E-state index is 11.7. The Labute approximate surface area is 112 Å². The first kappa shape index (κ1) is 13.2. The Bertz CT molecular complexity index is 591. The number of anilines is 1. The third-order valence-electron chi connectivity index (χ3n) is 2.38. The van der Waals surface area contributed by atoms with Crippen molar-refractivity contribution in [2.45, 2.75) is 19.9 Å². The predicted molar refractivity (Wildman–Crippen MR) is 69.3 cm³/mol. The van der Waals surface area contributed by atoms with E-state index in [1.54, 1.807) is 19.2 Å². The Morgan fingerprint density at radius 2 is 2.32 bits per heavy atom. The lowest BCUT2D eigenvalue weighted by atomic mass is 10.3. The van der Waals surface area contributed by atoms with E-state index >= 15 is 0 Å². The zero-order valence-corrected chi connectivity index (χ0v) is 11.0. The van der Waals surface area contributed by atoms with Crippen molar-refractivity contribution < 1.29 is 14.7 Å². The van der Waals surface area contributed by atoms with Gasteiger partial charge in [-0.3, -0.25) is 9.48 Å². The minimum absolute atomic E-state index is 0.122. The van der Waals surface area contributed by atoms with Crippen LogP contribution >= 0.6 is 11.3 Å². The monoisotopic (exact) mass is 280 g/mol. The highest BCUT2D eigenvalue weighted by molar-refractivity contribution is 7.16. The molecule has 100 valence electrons. The van der Waals surface area contributed by atoms with Crippen LogP contribution in [0.4, 0.5) is 5.00 Å². The van der Waals surface area contributed by atoms with E-state index in [0.717, 1.165) is 4.88 Å². The van der Waals surface area contributed by atoms with Crippen LogP contribution < -0.4 is 5.32 Å². The molecular formula is C11H12N4O3S. The molecule has 2 aromatic rings. The molecule has 0 fully saturated rings. The first-order valence-corrected chi connectivity index (χ1v) is 6.35. The summed E-state index contributed by atoms with van der Waals surface area (Å²) in [4.78, 5) is 23.6. The van der Waals surface area contributed by atoms with Crippen LogP contribution in [0.15, 0.2) is 18.5 Å². The molecule has 0 aliphatic carbocycles. The number of aryl methyl sites for hydroxylation is 2. The van der Waals surface area contributed by atoms with Crippen molar-refractivity contribution in [3.63, 3.8) is 0 Å². The van der Waals surface area contributed by atoms with E-state index < -0.39 is 5.97 Å². The lowest BCUT2D eigenvalue weighted by molar-refractivity contribution is -0.116. The van der Waals surface area contributed by atoms with Gasteiger partial charge in [-0.1, -0.05) is 5.21 Å². The fraction of sp³-hybridized carbons (Fsp3) is 0.273. The summed E-state index contributed by atoms with van der Waals surface area (Å²) in [6.07, 6.45) is 3.40. The van der Waals surface area contributed by atoms with Gasteiger partial charge in [0, 0.05) is 17.5 Å². The van der Waals surface area contributed by atoms with E-state index in [0.29, 0.717) is 11.5 Å². The smallest absolute Gasteiger partial charge is 0.338 e. The van der Waals surface area contributed by atoms with E-state index in [9.17, 15) is 9.59 Å². The van der Waals surface area contributed by atoms with Crippen molar-refractivity contribution in [2.24, 2.45) is 0 Å². The number of thiophene rings is 1. The molecule has 0 unspecified atom stereocenters. The zero-order chi connectivity index (χ0) is 13.8. The molecule has 2 aromatic heterocycles. The third-order valence-corrected chi connectivity index (χ3v) is 3.34. The van der Waals surface area contributed by atoms with Crippen LogP contribution in [0.25, 0.3) is 0 Å². The normalized spacial score (nSPS) is 10.4. The van der Waals surface area contributed by atoms with Crippen molar-refractivity contribution in [1.29, 1.82) is 0 Å². The highest BCUT2D eigenvalue weighted by Crippen LogP contribution is 2.27. The van der Waals surface area contributed by atoms with E-state index in [4.69, 9.17) is 5.11 Å². The Balaban J connectivity index is 1.97. The van der Waals surface area contributed by atoms with E-state index in [-0.39, 0.29) is 17.9 Å². The van der Waals surface area contributed by atoms with Crippen LogP contribution in [0, 0.1) is 6.92 Å². The van der Waals surface area contributed by atoms with Gasteiger partial charge in [-0.2, -0.15) is 0 Å². The molecule has 0 atom stereocenters. The van der Waals surface area contributed by atoms with Gasteiger partial charge in [0.05, 0.1) is 18.3 Å². The summed E-state index contributed by atoms with van der Waals surface area (Å²) in [5, 5.41) is 19.4. The Morgan fingerprint density at radius 3 is 2.95 bits per heavy atom. The number of aromatic nitrogens is 3. The molecule has 0 saturated carbocycles. The van der Waals surface area contributed by atoms with Gasteiger partial charge >= 0.3 is 5.97 Å². The number of rotatable bonds is 5. The fourth-order valence-electron chi connectivity index (χ4n) is 1.52. The van der Waals surface area contributed by atoms with Gasteiger partial charge in [-0.05, 0) is 13.0 Å². The number of amides is 1. The van der Waals surface area contributed by atoms with Gasteiger partial charge in [0.1, 0.15) is 5.00 Å². The largest absolute Gasteiger partial charge is 0.478 e. The molecule has 1 amide bonds. The SMILES string of the molecule is Cc1cc(C(=O)O)c(NC(=O)CCn2ccnn2)s1. The van der Waals surface area contributed by atoms with Crippen LogP contribution in [-0.2, 0) is 11.3 Å². The molecule has 2 N–H and O–H groups in total. The molecule has 0 aliphatic rings. The number of hydrogen-bond donors (Lipinski definition) is 2. The molecule has 19 heavy (non-hydrogen) atoms. The van der Waals surface area contributed by atoms with Gasteiger partial charge in [-0.25, -0.2) is 4.79 Å². The number of carbonyl (C=O) groups excluding carboxylic acids is 1. The summed E-state index contributed by atoms with van der Waals surface area (Å²) in [7, 11) is 0. The Morgan fingerprint density at radius 1 is 1.53 bits per heavy atom. The van der Waals surface area contributed by atoms with Crippen molar-refractivity contribution in [1.82, 2.24) is 15.0 Å². The maximum Gasteiger partial charge on any atom is 0.338 e.